The van der Waals surface area contributed by atoms with E-state index in [4.69, 9.17) is 0 Å². The molecule has 2 aromatic rings. The third-order valence-electron chi connectivity index (χ3n) is 4.66. The summed E-state index contributed by atoms with van der Waals surface area (Å²) < 4.78 is 0. The molecule has 1 saturated heterocycles. The molecule has 0 bridgehead atoms. The zero-order valence-corrected chi connectivity index (χ0v) is 13.5. The number of nitrogens with zero attached hydrogens (tertiary/aromatic N) is 2. The summed E-state index contributed by atoms with van der Waals surface area (Å²) in [6.07, 6.45) is 4.60. The molecule has 118 valence electrons. The van der Waals surface area contributed by atoms with Crippen molar-refractivity contribution in [3.63, 3.8) is 0 Å². The number of carbonyl (C=O) groups excluding carboxylic acids is 1. The second kappa shape index (κ2) is 6.53. The van der Waals surface area contributed by atoms with Crippen molar-refractivity contribution in [3.05, 3.63) is 36.0 Å². The molecule has 3 rings (SSSR count). The van der Waals surface area contributed by atoms with Gasteiger partial charge in [0.1, 0.15) is 0 Å². The SMILES string of the molecule is C[C@H]1CN(C)CCN1C(=O)CCCc1c[nH]c2ccccc12. The van der Waals surface area contributed by atoms with E-state index in [0.29, 0.717) is 18.4 Å². The van der Waals surface area contributed by atoms with Crippen molar-refractivity contribution in [3.8, 4) is 0 Å². The van der Waals surface area contributed by atoms with Crippen LogP contribution in [0.15, 0.2) is 30.5 Å². The van der Waals surface area contributed by atoms with Crippen LogP contribution >= 0.6 is 0 Å². The van der Waals surface area contributed by atoms with Crippen LogP contribution in [0.1, 0.15) is 25.3 Å². The third kappa shape index (κ3) is 3.17. The standard InChI is InChI=1S/C18H25N3O/c1-14-13-20(2)10-11-21(14)18(22)9-5-6-15-12-19-17-8-4-3-7-16(15)17/h3-4,7-8,12,14,19H,5-6,9-11,13H2,1-2H3/t14-/m0/s1. The van der Waals surface area contributed by atoms with Crippen LogP contribution < -0.4 is 0 Å². The number of hydrogen-bond acceptors (Lipinski definition) is 2. The van der Waals surface area contributed by atoms with Crippen LogP contribution in [0.5, 0.6) is 0 Å². The first kappa shape index (κ1) is 15.1. The lowest BCUT2D eigenvalue weighted by atomic mass is 10.1. The highest BCUT2D eigenvalue weighted by atomic mass is 16.2. The monoisotopic (exact) mass is 299 g/mol. The number of aromatic nitrogens is 1. The number of nitrogens with one attached hydrogen (secondary N) is 1. The number of para-hydroxylation sites is 1. The number of piperazine rings is 1. The molecule has 4 nitrogen and oxygen atoms in total. The number of amides is 1. The van der Waals surface area contributed by atoms with E-state index >= 15 is 0 Å². The molecule has 1 atom stereocenters. The van der Waals surface area contributed by atoms with Gasteiger partial charge in [-0.05, 0) is 38.4 Å². The second-order valence-corrected chi connectivity index (χ2v) is 6.41. The summed E-state index contributed by atoms with van der Waals surface area (Å²) >= 11 is 0. The summed E-state index contributed by atoms with van der Waals surface area (Å²) in [6.45, 7) is 4.98. The molecule has 0 unspecified atom stereocenters. The number of H-pyrrole nitrogens is 1. The molecular weight excluding hydrogens is 274 g/mol. The quantitative estimate of drug-likeness (QED) is 0.942. The molecule has 0 saturated carbocycles. The van der Waals surface area contributed by atoms with Gasteiger partial charge >= 0.3 is 0 Å². The van der Waals surface area contributed by atoms with Crippen molar-refractivity contribution in [2.75, 3.05) is 26.7 Å². The molecule has 1 aromatic carbocycles. The third-order valence-corrected chi connectivity index (χ3v) is 4.66. The van der Waals surface area contributed by atoms with Gasteiger partial charge in [0.15, 0.2) is 0 Å². The molecule has 1 aliphatic rings. The van der Waals surface area contributed by atoms with E-state index in [1.165, 1.54) is 16.5 Å². The van der Waals surface area contributed by atoms with Gasteiger partial charge in [-0.25, -0.2) is 0 Å². The van der Waals surface area contributed by atoms with Crippen molar-refractivity contribution in [1.82, 2.24) is 14.8 Å². The minimum Gasteiger partial charge on any atom is -0.361 e. The average Bonchev–Trinajstić information content (AvgIpc) is 2.90. The predicted molar refractivity (Wildman–Crippen MR) is 89.9 cm³/mol. The van der Waals surface area contributed by atoms with Crippen LogP contribution in [0.3, 0.4) is 0 Å². The fourth-order valence-electron chi connectivity index (χ4n) is 3.42. The van der Waals surface area contributed by atoms with E-state index in [-0.39, 0.29) is 0 Å². The number of aryl methyl sites for hydroxylation is 1. The highest BCUT2D eigenvalue weighted by Crippen LogP contribution is 2.20. The number of benzene rings is 1. The summed E-state index contributed by atoms with van der Waals surface area (Å²) in [4.78, 5) is 20.1. The minimum absolute atomic E-state index is 0.306. The summed E-state index contributed by atoms with van der Waals surface area (Å²) in [7, 11) is 2.12. The van der Waals surface area contributed by atoms with Gasteiger partial charge in [-0.3, -0.25) is 4.79 Å². The molecular formula is C18H25N3O. The Balaban J connectivity index is 1.53. The molecule has 4 heteroatoms. The van der Waals surface area contributed by atoms with E-state index in [2.05, 4.69) is 53.2 Å². The summed E-state index contributed by atoms with van der Waals surface area (Å²) in [5.74, 6) is 0.306. The number of rotatable bonds is 4. The Hall–Kier alpha value is -1.81. The molecule has 0 aliphatic carbocycles. The molecule has 0 radical (unpaired) electrons. The van der Waals surface area contributed by atoms with Crippen LogP contribution in [0.25, 0.3) is 10.9 Å². The molecule has 2 heterocycles. The van der Waals surface area contributed by atoms with Crippen LogP contribution in [0, 0.1) is 0 Å². The van der Waals surface area contributed by atoms with Crippen LogP contribution in [0.2, 0.25) is 0 Å². The Morgan fingerprint density at radius 3 is 2.95 bits per heavy atom. The van der Waals surface area contributed by atoms with E-state index in [1.54, 1.807) is 0 Å². The van der Waals surface area contributed by atoms with E-state index in [0.717, 1.165) is 32.5 Å². The number of likely N-dealkylation sites (N-methyl/N-ethyl adjacent to an activating group) is 1. The number of aromatic amines is 1. The highest BCUT2D eigenvalue weighted by molar-refractivity contribution is 5.83. The van der Waals surface area contributed by atoms with Gasteiger partial charge in [0.2, 0.25) is 5.91 Å². The summed E-state index contributed by atoms with van der Waals surface area (Å²) in [5.41, 5.74) is 2.49. The van der Waals surface area contributed by atoms with Crippen molar-refractivity contribution >= 4 is 16.8 Å². The summed E-state index contributed by atoms with van der Waals surface area (Å²) in [5, 5.41) is 1.28. The lowest BCUT2D eigenvalue weighted by Crippen LogP contribution is -2.52. The zero-order chi connectivity index (χ0) is 15.5. The lowest BCUT2D eigenvalue weighted by molar-refractivity contribution is -0.135. The molecule has 1 aromatic heterocycles. The molecule has 1 amide bonds. The van der Waals surface area contributed by atoms with Gasteiger partial charge in [-0.15, -0.1) is 0 Å². The Bertz CT molecular complexity index is 649. The van der Waals surface area contributed by atoms with Gasteiger partial charge in [0.05, 0.1) is 0 Å². The van der Waals surface area contributed by atoms with Gasteiger partial charge in [0, 0.05) is 49.2 Å². The van der Waals surface area contributed by atoms with E-state index in [9.17, 15) is 4.79 Å². The first-order valence-electron chi connectivity index (χ1n) is 8.18. The Kier molecular flexibility index (Phi) is 4.48. The number of fused-ring (bicyclic) bond motifs is 1. The van der Waals surface area contributed by atoms with Crippen molar-refractivity contribution < 1.29 is 4.79 Å². The van der Waals surface area contributed by atoms with E-state index < -0.39 is 0 Å². The largest absolute Gasteiger partial charge is 0.361 e. The fraction of sp³-hybridized carbons (Fsp3) is 0.500. The van der Waals surface area contributed by atoms with Gasteiger partial charge < -0.3 is 14.8 Å². The topological polar surface area (TPSA) is 39.3 Å². The Labute approximate surface area is 132 Å². The van der Waals surface area contributed by atoms with Gasteiger partial charge in [0.25, 0.3) is 0 Å². The maximum atomic E-state index is 12.4. The van der Waals surface area contributed by atoms with Crippen LogP contribution in [-0.4, -0.2) is 53.4 Å². The Morgan fingerprint density at radius 2 is 2.14 bits per heavy atom. The predicted octanol–water partition coefficient (Wildman–Crippen LogP) is 2.65. The smallest absolute Gasteiger partial charge is 0.222 e. The summed E-state index contributed by atoms with van der Waals surface area (Å²) in [6, 6.07) is 8.68. The number of carbonyl (C=O) groups is 1. The maximum absolute atomic E-state index is 12.4. The minimum atomic E-state index is 0.306. The first-order valence-corrected chi connectivity index (χ1v) is 8.18. The van der Waals surface area contributed by atoms with Crippen molar-refractivity contribution in [1.29, 1.82) is 0 Å². The van der Waals surface area contributed by atoms with E-state index in [1.807, 2.05) is 6.07 Å². The van der Waals surface area contributed by atoms with Crippen molar-refractivity contribution in [2.45, 2.75) is 32.2 Å². The lowest BCUT2D eigenvalue weighted by Gasteiger charge is -2.38. The normalized spacial score (nSPS) is 19.7. The molecule has 1 fully saturated rings. The Morgan fingerprint density at radius 1 is 1.32 bits per heavy atom. The number of hydrogen-bond donors (Lipinski definition) is 1. The fourth-order valence-corrected chi connectivity index (χ4v) is 3.42. The molecule has 22 heavy (non-hydrogen) atoms. The first-order chi connectivity index (χ1) is 10.6. The molecule has 1 N–H and O–H groups in total. The van der Waals surface area contributed by atoms with Crippen LogP contribution in [-0.2, 0) is 11.2 Å². The molecule has 0 spiro atoms. The van der Waals surface area contributed by atoms with Gasteiger partial charge in [-0.1, -0.05) is 18.2 Å². The maximum Gasteiger partial charge on any atom is 0.222 e. The average molecular weight is 299 g/mol. The molecule has 1 aliphatic heterocycles. The van der Waals surface area contributed by atoms with Crippen molar-refractivity contribution in [2.24, 2.45) is 0 Å². The van der Waals surface area contributed by atoms with Gasteiger partial charge in [-0.2, -0.15) is 0 Å². The van der Waals surface area contributed by atoms with Crippen LogP contribution in [0.4, 0.5) is 0 Å². The highest BCUT2D eigenvalue weighted by Gasteiger charge is 2.25. The second-order valence-electron chi connectivity index (χ2n) is 6.41. The zero-order valence-electron chi connectivity index (χ0n) is 13.5.